The van der Waals surface area contributed by atoms with Gasteiger partial charge in [-0.2, -0.15) is 10.5 Å². The Morgan fingerprint density at radius 1 is 1.40 bits per heavy atom. The average Bonchev–Trinajstić information content (AvgIpc) is 2.24. The maximum atomic E-state index is 8.49. The molecule has 0 saturated carbocycles. The highest BCUT2D eigenvalue weighted by Crippen LogP contribution is 2.25. The number of halogens is 2. The van der Waals surface area contributed by atoms with Gasteiger partial charge in [0.15, 0.2) is 0 Å². The fourth-order valence-corrected chi connectivity index (χ4v) is 1.33. The maximum absolute atomic E-state index is 8.49. The maximum Gasteiger partial charge on any atom is 0.145 e. The van der Waals surface area contributed by atoms with Gasteiger partial charge >= 0.3 is 0 Å². The third-order valence-electron chi connectivity index (χ3n) is 1.54. The molecule has 0 bridgehead atoms. The Morgan fingerprint density at radius 3 is 2.60 bits per heavy atom. The van der Waals surface area contributed by atoms with Gasteiger partial charge in [-0.15, -0.1) is 0 Å². The molecule has 0 spiro atoms. The molecule has 0 radical (unpaired) electrons. The Kier molecular flexibility index (Phi) is 4.17. The lowest BCUT2D eigenvalue weighted by Crippen LogP contribution is -1.89. The summed E-state index contributed by atoms with van der Waals surface area (Å²) < 4.78 is 0.748. The second kappa shape index (κ2) is 5.41. The van der Waals surface area contributed by atoms with Crippen molar-refractivity contribution in [1.29, 1.82) is 10.5 Å². The minimum atomic E-state index is 0.0149. The van der Waals surface area contributed by atoms with Gasteiger partial charge < -0.3 is 5.32 Å². The third-order valence-corrected chi connectivity index (χ3v) is 2.76. The standard InChI is InChI=1S/C10H5BrClN3/c11-9-3-8(1-2-10(9)12)15-6-7(4-13)5-14/h1-3,6,15H. The lowest BCUT2D eigenvalue weighted by atomic mass is 10.3. The minimum absolute atomic E-state index is 0.0149. The van der Waals surface area contributed by atoms with E-state index >= 15 is 0 Å². The summed E-state index contributed by atoms with van der Waals surface area (Å²) in [5.74, 6) is 0. The van der Waals surface area contributed by atoms with Crippen LogP contribution in [0.1, 0.15) is 0 Å². The first-order chi connectivity index (χ1) is 7.17. The van der Waals surface area contributed by atoms with Crippen LogP contribution in [-0.4, -0.2) is 0 Å². The first-order valence-electron chi connectivity index (χ1n) is 3.89. The monoisotopic (exact) mass is 281 g/mol. The molecule has 1 aromatic rings. The van der Waals surface area contributed by atoms with E-state index in [4.69, 9.17) is 22.1 Å². The van der Waals surface area contributed by atoms with Gasteiger partial charge in [0, 0.05) is 16.4 Å². The summed E-state index contributed by atoms with van der Waals surface area (Å²) in [5, 5.41) is 20.4. The summed E-state index contributed by atoms with van der Waals surface area (Å²) in [4.78, 5) is 0. The summed E-state index contributed by atoms with van der Waals surface area (Å²) in [5.41, 5.74) is 0.760. The number of anilines is 1. The van der Waals surface area contributed by atoms with E-state index in [0.29, 0.717) is 5.02 Å². The number of benzene rings is 1. The fraction of sp³-hybridized carbons (Fsp3) is 0. The minimum Gasteiger partial charge on any atom is -0.360 e. The second-order valence-corrected chi connectivity index (χ2v) is 3.82. The molecule has 0 unspecified atom stereocenters. The van der Waals surface area contributed by atoms with Crippen molar-refractivity contribution in [3.63, 3.8) is 0 Å². The van der Waals surface area contributed by atoms with Crippen molar-refractivity contribution >= 4 is 33.2 Å². The molecule has 0 atom stereocenters. The van der Waals surface area contributed by atoms with E-state index < -0.39 is 0 Å². The molecule has 0 aliphatic carbocycles. The molecule has 1 aromatic carbocycles. The van der Waals surface area contributed by atoms with E-state index in [1.54, 1.807) is 30.3 Å². The van der Waals surface area contributed by atoms with Gasteiger partial charge in [0.1, 0.15) is 17.7 Å². The zero-order valence-electron chi connectivity index (χ0n) is 7.46. The van der Waals surface area contributed by atoms with Crippen LogP contribution in [0.15, 0.2) is 34.4 Å². The highest BCUT2D eigenvalue weighted by atomic mass is 79.9. The van der Waals surface area contributed by atoms with Crippen molar-refractivity contribution in [3.8, 4) is 12.1 Å². The van der Waals surface area contributed by atoms with Crippen molar-refractivity contribution in [2.24, 2.45) is 0 Å². The van der Waals surface area contributed by atoms with Crippen LogP contribution in [0.2, 0.25) is 5.02 Å². The van der Waals surface area contributed by atoms with E-state index in [0.717, 1.165) is 10.2 Å². The largest absolute Gasteiger partial charge is 0.360 e. The van der Waals surface area contributed by atoms with Crippen molar-refractivity contribution in [2.75, 3.05) is 5.32 Å². The number of hydrogen-bond acceptors (Lipinski definition) is 3. The number of rotatable bonds is 2. The molecule has 15 heavy (non-hydrogen) atoms. The van der Waals surface area contributed by atoms with Crippen molar-refractivity contribution in [2.45, 2.75) is 0 Å². The number of nitrogens with one attached hydrogen (secondary N) is 1. The molecule has 0 aliphatic rings. The summed E-state index contributed by atoms with van der Waals surface area (Å²) >= 11 is 9.07. The zero-order valence-corrected chi connectivity index (χ0v) is 9.80. The Labute approximate surface area is 101 Å². The van der Waals surface area contributed by atoms with E-state index in [1.165, 1.54) is 6.20 Å². The molecule has 0 saturated heterocycles. The van der Waals surface area contributed by atoms with Gasteiger partial charge in [0.25, 0.3) is 0 Å². The number of allylic oxidation sites excluding steroid dienone is 1. The number of nitrogens with zero attached hydrogens (tertiary/aromatic N) is 2. The van der Waals surface area contributed by atoms with Gasteiger partial charge in [-0.1, -0.05) is 11.6 Å². The van der Waals surface area contributed by atoms with Gasteiger partial charge in [-0.05, 0) is 34.1 Å². The Bertz CT molecular complexity index is 466. The Balaban J connectivity index is 2.84. The van der Waals surface area contributed by atoms with Gasteiger partial charge in [-0.25, -0.2) is 0 Å². The van der Waals surface area contributed by atoms with Crippen LogP contribution < -0.4 is 5.32 Å². The molecule has 0 heterocycles. The molecular weight excluding hydrogens is 277 g/mol. The molecule has 1 rings (SSSR count). The van der Waals surface area contributed by atoms with Crippen molar-refractivity contribution in [1.82, 2.24) is 0 Å². The van der Waals surface area contributed by atoms with Crippen LogP contribution in [0.25, 0.3) is 0 Å². The number of nitriles is 2. The van der Waals surface area contributed by atoms with Crippen molar-refractivity contribution in [3.05, 3.63) is 39.5 Å². The molecule has 0 fully saturated rings. The van der Waals surface area contributed by atoms with Crippen LogP contribution >= 0.6 is 27.5 Å². The Hall–Kier alpha value is -1.49. The average molecular weight is 283 g/mol. The van der Waals surface area contributed by atoms with Gasteiger partial charge in [0.2, 0.25) is 0 Å². The predicted molar refractivity (Wildman–Crippen MR) is 62.1 cm³/mol. The molecule has 3 nitrogen and oxygen atoms in total. The van der Waals surface area contributed by atoms with E-state index in [1.807, 2.05) is 0 Å². The highest BCUT2D eigenvalue weighted by Gasteiger charge is 1.98. The summed E-state index contributed by atoms with van der Waals surface area (Å²) in [6.45, 7) is 0. The third kappa shape index (κ3) is 3.28. The fourth-order valence-electron chi connectivity index (χ4n) is 0.831. The zero-order chi connectivity index (χ0) is 11.3. The predicted octanol–water partition coefficient (Wildman–Crippen LogP) is 3.45. The second-order valence-electron chi connectivity index (χ2n) is 2.55. The van der Waals surface area contributed by atoms with Gasteiger partial charge in [-0.3, -0.25) is 0 Å². The smallest absolute Gasteiger partial charge is 0.145 e. The van der Waals surface area contributed by atoms with E-state index in [-0.39, 0.29) is 5.57 Å². The summed E-state index contributed by atoms with van der Waals surface area (Å²) in [7, 11) is 0. The lowest BCUT2D eigenvalue weighted by molar-refractivity contribution is 1.44. The summed E-state index contributed by atoms with van der Waals surface area (Å²) in [6.07, 6.45) is 1.34. The normalized spacial score (nSPS) is 8.53. The van der Waals surface area contributed by atoms with Crippen LogP contribution in [0.4, 0.5) is 5.69 Å². The Morgan fingerprint density at radius 2 is 2.07 bits per heavy atom. The van der Waals surface area contributed by atoms with Crippen LogP contribution in [-0.2, 0) is 0 Å². The molecule has 0 aliphatic heterocycles. The molecule has 1 N–H and O–H groups in total. The molecular formula is C10H5BrClN3. The van der Waals surface area contributed by atoms with Crippen LogP contribution in [0.3, 0.4) is 0 Å². The van der Waals surface area contributed by atoms with E-state index in [2.05, 4.69) is 21.2 Å². The first-order valence-corrected chi connectivity index (χ1v) is 5.06. The van der Waals surface area contributed by atoms with E-state index in [9.17, 15) is 0 Å². The van der Waals surface area contributed by atoms with Crippen LogP contribution in [0, 0.1) is 22.7 Å². The quantitative estimate of drug-likeness (QED) is 0.845. The topological polar surface area (TPSA) is 59.6 Å². The molecule has 0 aromatic heterocycles. The molecule has 5 heteroatoms. The highest BCUT2D eigenvalue weighted by molar-refractivity contribution is 9.10. The number of hydrogen-bond donors (Lipinski definition) is 1. The van der Waals surface area contributed by atoms with Crippen LogP contribution in [0.5, 0.6) is 0 Å². The van der Waals surface area contributed by atoms with Crippen molar-refractivity contribution < 1.29 is 0 Å². The SMILES string of the molecule is N#CC(C#N)=CNc1ccc(Cl)c(Br)c1. The summed E-state index contributed by atoms with van der Waals surface area (Å²) in [6, 6.07) is 8.71. The lowest BCUT2D eigenvalue weighted by Gasteiger charge is -2.02. The molecule has 0 amide bonds. The molecule has 74 valence electrons. The first kappa shape index (κ1) is 11.6. The van der Waals surface area contributed by atoms with Gasteiger partial charge in [0.05, 0.1) is 5.02 Å².